The Morgan fingerprint density at radius 1 is 1.36 bits per heavy atom. The maximum atomic E-state index is 14.5. The minimum absolute atomic E-state index is 0.439. The molecule has 3 nitrogen and oxygen atoms in total. The van der Waals surface area contributed by atoms with Crippen LogP contribution in [0, 0.1) is 17.8 Å². The summed E-state index contributed by atoms with van der Waals surface area (Å²) in [6, 6.07) is 3.83. The molecule has 3 rings (SSSR count). The number of rotatable bonds is 3. The number of anilines is 2. The van der Waals surface area contributed by atoms with Crippen LogP contribution in [0.3, 0.4) is 0 Å². The molecule has 4 N–H and O–H groups in total. The van der Waals surface area contributed by atoms with Gasteiger partial charge in [0.15, 0.2) is 5.67 Å². The fourth-order valence-corrected chi connectivity index (χ4v) is 2.99. The van der Waals surface area contributed by atoms with E-state index in [9.17, 15) is 4.39 Å². The number of alkyl halides is 1. The predicted molar refractivity (Wildman–Crippen MR) is 92.6 cm³/mol. The van der Waals surface area contributed by atoms with E-state index in [1.54, 1.807) is 0 Å². The highest BCUT2D eigenvalue weighted by Crippen LogP contribution is 2.34. The van der Waals surface area contributed by atoms with Crippen molar-refractivity contribution in [2.45, 2.75) is 31.4 Å². The van der Waals surface area contributed by atoms with Crippen molar-refractivity contribution in [3.05, 3.63) is 22.2 Å². The Morgan fingerprint density at radius 2 is 2.09 bits per heavy atom. The monoisotopic (exact) mass is 365 g/mol. The van der Waals surface area contributed by atoms with Crippen molar-refractivity contribution in [2.24, 2.45) is 5.92 Å². The van der Waals surface area contributed by atoms with Crippen molar-refractivity contribution in [3.63, 3.8) is 0 Å². The molecule has 0 radical (unpaired) electrons. The van der Waals surface area contributed by atoms with Gasteiger partial charge >= 0.3 is 0 Å². The van der Waals surface area contributed by atoms with Gasteiger partial charge in [-0.25, -0.2) is 4.39 Å². The summed E-state index contributed by atoms with van der Waals surface area (Å²) >= 11 is 3.49. The first-order valence-corrected chi connectivity index (χ1v) is 8.61. The van der Waals surface area contributed by atoms with Crippen LogP contribution in [0.5, 0.6) is 0 Å². The Morgan fingerprint density at radius 3 is 2.77 bits per heavy atom. The van der Waals surface area contributed by atoms with Gasteiger partial charge in [-0.15, -0.1) is 0 Å². The van der Waals surface area contributed by atoms with Crippen LogP contribution in [0.2, 0.25) is 0 Å². The molecule has 1 aromatic carbocycles. The van der Waals surface area contributed by atoms with Gasteiger partial charge in [0.05, 0.1) is 15.8 Å². The summed E-state index contributed by atoms with van der Waals surface area (Å²) in [6.45, 7) is 2.32. The van der Waals surface area contributed by atoms with E-state index in [2.05, 4.69) is 38.4 Å². The fraction of sp³-hybridized carbons (Fsp3) is 0.529. The Labute approximate surface area is 139 Å². The third kappa shape index (κ3) is 3.74. The number of benzene rings is 1. The third-order valence-corrected chi connectivity index (χ3v) is 5.13. The van der Waals surface area contributed by atoms with Crippen molar-refractivity contribution in [3.8, 4) is 11.8 Å². The van der Waals surface area contributed by atoms with Crippen LogP contribution in [0.15, 0.2) is 16.6 Å². The summed E-state index contributed by atoms with van der Waals surface area (Å²) < 4.78 is 15.3. The number of piperidine rings is 1. The summed E-state index contributed by atoms with van der Waals surface area (Å²) in [6.07, 6.45) is 3.47. The largest absolute Gasteiger partial charge is 0.396 e. The van der Waals surface area contributed by atoms with E-state index in [-0.39, 0.29) is 0 Å². The smallest absolute Gasteiger partial charge is 0.173 e. The second-order valence-electron chi connectivity index (χ2n) is 6.18. The zero-order valence-electron chi connectivity index (χ0n) is 12.5. The number of hydrogen-bond donors (Lipinski definition) is 3. The van der Waals surface area contributed by atoms with Gasteiger partial charge in [-0.05, 0) is 59.9 Å². The molecule has 1 aliphatic heterocycles. The van der Waals surface area contributed by atoms with Crippen LogP contribution in [0.25, 0.3) is 0 Å². The summed E-state index contributed by atoms with van der Waals surface area (Å²) in [7, 11) is 0. The topological polar surface area (TPSA) is 50.1 Å². The lowest BCUT2D eigenvalue weighted by Crippen LogP contribution is -2.37. The van der Waals surface area contributed by atoms with Crippen LogP contribution in [0.1, 0.15) is 31.2 Å². The van der Waals surface area contributed by atoms with E-state index in [0.717, 1.165) is 28.2 Å². The molecule has 118 valence electrons. The van der Waals surface area contributed by atoms with E-state index in [1.165, 1.54) is 12.8 Å². The second kappa shape index (κ2) is 6.47. The van der Waals surface area contributed by atoms with Gasteiger partial charge < -0.3 is 16.4 Å². The van der Waals surface area contributed by atoms with Crippen molar-refractivity contribution in [1.29, 1.82) is 0 Å². The number of nitrogens with two attached hydrogens (primary N) is 1. The molecule has 1 aromatic rings. The number of nitrogen functional groups attached to an aromatic ring is 1. The molecule has 0 atom stereocenters. The highest BCUT2D eigenvalue weighted by Gasteiger charge is 2.29. The molecule has 0 aromatic heterocycles. The summed E-state index contributed by atoms with van der Waals surface area (Å²) in [5.74, 6) is 6.54. The SMILES string of the molecule is Nc1c(NCC2CC2)ccc(C#CC2(F)CCNCC2)c1Br. The van der Waals surface area contributed by atoms with Gasteiger partial charge in [-0.2, -0.15) is 0 Å². The van der Waals surface area contributed by atoms with E-state index >= 15 is 0 Å². The predicted octanol–water partition coefficient (Wildman–Crippen LogP) is 3.30. The Kier molecular flexibility index (Phi) is 4.60. The molecular formula is C17H21BrFN3. The van der Waals surface area contributed by atoms with Crippen molar-refractivity contribution < 1.29 is 4.39 Å². The molecule has 0 bridgehead atoms. The maximum absolute atomic E-state index is 14.5. The molecule has 2 fully saturated rings. The van der Waals surface area contributed by atoms with Crippen molar-refractivity contribution in [1.82, 2.24) is 5.32 Å². The van der Waals surface area contributed by atoms with Gasteiger partial charge in [0.1, 0.15) is 0 Å². The van der Waals surface area contributed by atoms with Crippen LogP contribution >= 0.6 is 15.9 Å². The molecule has 5 heteroatoms. The first kappa shape index (κ1) is 15.6. The minimum Gasteiger partial charge on any atom is -0.396 e. The minimum atomic E-state index is -1.39. The lowest BCUT2D eigenvalue weighted by Gasteiger charge is -2.24. The van der Waals surface area contributed by atoms with Gasteiger partial charge in [-0.1, -0.05) is 11.8 Å². The first-order valence-electron chi connectivity index (χ1n) is 7.82. The zero-order chi connectivity index (χ0) is 15.6. The molecule has 0 spiro atoms. The van der Waals surface area contributed by atoms with Crippen molar-refractivity contribution >= 4 is 27.3 Å². The Bertz CT molecular complexity index is 610. The van der Waals surface area contributed by atoms with Gasteiger partial charge in [0, 0.05) is 24.9 Å². The van der Waals surface area contributed by atoms with Gasteiger partial charge in [0.2, 0.25) is 0 Å². The third-order valence-electron chi connectivity index (χ3n) is 4.28. The zero-order valence-corrected chi connectivity index (χ0v) is 14.1. The van der Waals surface area contributed by atoms with Crippen LogP contribution in [-0.2, 0) is 0 Å². The number of nitrogens with one attached hydrogen (secondary N) is 2. The highest BCUT2D eigenvalue weighted by atomic mass is 79.9. The molecule has 1 aliphatic carbocycles. The average molecular weight is 366 g/mol. The fourth-order valence-electron chi connectivity index (χ4n) is 2.55. The Balaban J connectivity index is 1.75. The first-order chi connectivity index (χ1) is 10.6. The van der Waals surface area contributed by atoms with Crippen LogP contribution in [0.4, 0.5) is 15.8 Å². The normalized spacial score (nSPS) is 20.1. The van der Waals surface area contributed by atoms with Gasteiger partial charge in [-0.3, -0.25) is 0 Å². The molecule has 22 heavy (non-hydrogen) atoms. The summed E-state index contributed by atoms with van der Waals surface area (Å²) in [4.78, 5) is 0. The van der Waals surface area contributed by atoms with E-state index in [0.29, 0.717) is 31.6 Å². The van der Waals surface area contributed by atoms with E-state index in [1.807, 2.05) is 12.1 Å². The molecule has 1 heterocycles. The quantitative estimate of drug-likeness (QED) is 0.568. The van der Waals surface area contributed by atoms with E-state index in [4.69, 9.17) is 5.73 Å². The van der Waals surface area contributed by atoms with Crippen LogP contribution < -0.4 is 16.4 Å². The highest BCUT2D eigenvalue weighted by molar-refractivity contribution is 9.10. The lowest BCUT2D eigenvalue weighted by atomic mass is 9.95. The van der Waals surface area contributed by atoms with Gasteiger partial charge in [0.25, 0.3) is 0 Å². The van der Waals surface area contributed by atoms with Crippen molar-refractivity contribution in [2.75, 3.05) is 30.7 Å². The Hall–Kier alpha value is -1.25. The molecule has 0 unspecified atom stereocenters. The maximum Gasteiger partial charge on any atom is 0.173 e. The standard InChI is InChI=1S/C17H21BrFN3/c18-15-13(5-6-17(19)7-9-21-10-8-17)3-4-14(16(15)20)22-11-12-1-2-12/h3-4,12,21-22H,1-2,7-11,20H2. The number of hydrogen-bond acceptors (Lipinski definition) is 3. The summed E-state index contributed by atoms with van der Waals surface area (Å²) in [5, 5.41) is 6.52. The number of halogens is 2. The summed E-state index contributed by atoms with van der Waals surface area (Å²) in [5.41, 5.74) is 7.07. The molecule has 0 amide bonds. The van der Waals surface area contributed by atoms with Crippen LogP contribution in [-0.4, -0.2) is 25.3 Å². The average Bonchev–Trinajstić information content (AvgIpc) is 3.33. The molecular weight excluding hydrogens is 345 g/mol. The molecule has 2 aliphatic rings. The lowest BCUT2D eigenvalue weighted by molar-refractivity contribution is 0.184. The molecule has 1 saturated carbocycles. The molecule has 1 saturated heterocycles. The van der Waals surface area contributed by atoms with E-state index < -0.39 is 5.67 Å². The second-order valence-corrected chi connectivity index (χ2v) is 6.97.